The molecule has 0 unspecified atom stereocenters. The van der Waals surface area contributed by atoms with Gasteiger partial charge in [-0.05, 0) is 43.5 Å². The third-order valence-electron chi connectivity index (χ3n) is 6.71. The molecular formula is C26H29ClN6O2. The molecule has 0 radical (unpaired) electrons. The average molecular weight is 493 g/mol. The van der Waals surface area contributed by atoms with Gasteiger partial charge in [-0.15, -0.1) is 0 Å². The van der Waals surface area contributed by atoms with Gasteiger partial charge in [-0.1, -0.05) is 43.0 Å². The number of halogens is 1. The minimum absolute atomic E-state index is 0.0782. The zero-order valence-corrected chi connectivity index (χ0v) is 20.7. The van der Waals surface area contributed by atoms with Crippen molar-refractivity contribution < 1.29 is 9.53 Å². The second kappa shape index (κ2) is 9.62. The Bertz CT molecular complexity index is 1240. The molecule has 0 bridgehead atoms. The summed E-state index contributed by atoms with van der Waals surface area (Å²) in [6.07, 6.45) is 7.04. The van der Waals surface area contributed by atoms with Crippen molar-refractivity contribution in [1.82, 2.24) is 9.97 Å². The second-order valence-corrected chi connectivity index (χ2v) is 9.47. The first-order chi connectivity index (χ1) is 17.0. The Balaban J connectivity index is 1.55. The molecule has 1 aromatic heterocycles. The van der Waals surface area contributed by atoms with Crippen LogP contribution in [0.5, 0.6) is 5.75 Å². The number of carbonyl (C=O) groups excluding carboxylic acids is 1. The Kier molecular flexibility index (Phi) is 6.38. The van der Waals surface area contributed by atoms with Crippen LogP contribution in [-0.4, -0.2) is 29.2 Å². The lowest BCUT2D eigenvalue weighted by Gasteiger charge is -2.42. The molecule has 0 spiro atoms. The van der Waals surface area contributed by atoms with E-state index in [9.17, 15) is 4.79 Å². The number of amides is 2. The van der Waals surface area contributed by atoms with Crippen LogP contribution in [0.1, 0.15) is 43.2 Å². The SMILES string of the molecule is COc1cc(N)ccc1Nc1ncc2c(n1)N(C1CCCCC1)C(=O)N(c1c(C)cccc1Cl)C2. The van der Waals surface area contributed by atoms with Crippen LogP contribution in [0.2, 0.25) is 5.02 Å². The first-order valence-electron chi connectivity index (χ1n) is 11.9. The smallest absolute Gasteiger partial charge is 0.330 e. The molecule has 0 atom stereocenters. The summed E-state index contributed by atoms with van der Waals surface area (Å²) >= 11 is 6.57. The molecule has 182 valence electrons. The van der Waals surface area contributed by atoms with Crippen molar-refractivity contribution in [1.29, 1.82) is 0 Å². The Hall–Kier alpha value is -3.52. The molecule has 0 saturated heterocycles. The molecule has 35 heavy (non-hydrogen) atoms. The van der Waals surface area contributed by atoms with Crippen molar-refractivity contribution in [3.63, 3.8) is 0 Å². The molecule has 1 aliphatic carbocycles. The van der Waals surface area contributed by atoms with Gasteiger partial charge in [0.1, 0.15) is 11.6 Å². The summed E-state index contributed by atoms with van der Waals surface area (Å²) < 4.78 is 5.45. The number of fused-ring (bicyclic) bond motifs is 1. The van der Waals surface area contributed by atoms with Crippen LogP contribution >= 0.6 is 11.6 Å². The number of methoxy groups -OCH3 is 1. The molecule has 2 aliphatic rings. The molecule has 1 saturated carbocycles. The Morgan fingerprint density at radius 1 is 1.17 bits per heavy atom. The molecule has 2 amide bonds. The summed E-state index contributed by atoms with van der Waals surface area (Å²) in [4.78, 5) is 27.0. The number of aromatic nitrogens is 2. The van der Waals surface area contributed by atoms with Crippen LogP contribution in [-0.2, 0) is 6.54 Å². The molecule has 2 heterocycles. The summed E-state index contributed by atoms with van der Waals surface area (Å²) in [6.45, 7) is 2.33. The molecule has 3 N–H and O–H groups in total. The number of nitrogens with two attached hydrogens (primary N) is 1. The van der Waals surface area contributed by atoms with E-state index in [1.807, 2.05) is 36.1 Å². The quantitative estimate of drug-likeness (QED) is 0.421. The highest BCUT2D eigenvalue weighted by Gasteiger charge is 2.39. The Morgan fingerprint density at radius 3 is 2.71 bits per heavy atom. The predicted molar refractivity (Wildman–Crippen MR) is 140 cm³/mol. The van der Waals surface area contributed by atoms with Crippen LogP contribution in [0.4, 0.5) is 33.6 Å². The van der Waals surface area contributed by atoms with E-state index in [-0.39, 0.29) is 12.1 Å². The van der Waals surface area contributed by atoms with Gasteiger partial charge < -0.3 is 15.8 Å². The van der Waals surface area contributed by atoms with Crippen molar-refractivity contribution in [2.24, 2.45) is 0 Å². The van der Waals surface area contributed by atoms with Crippen LogP contribution in [0, 0.1) is 6.92 Å². The number of rotatable bonds is 5. The lowest BCUT2D eigenvalue weighted by Crippen LogP contribution is -2.53. The number of benzene rings is 2. The third kappa shape index (κ3) is 4.46. The number of urea groups is 1. The summed E-state index contributed by atoms with van der Waals surface area (Å²) in [6, 6.07) is 11.0. The second-order valence-electron chi connectivity index (χ2n) is 9.06. The number of nitrogen functional groups attached to an aromatic ring is 1. The molecule has 5 rings (SSSR count). The molecule has 9 heteroatoms. The summed E-state index contributed by atoms with van der Waals surface area (Å²) in [5, 5.41) is 3.78. The molecule has 1 fully saturated rings. The molecule has 3 aromatic rings. The van der Waals surface area contributed by atoms with Crippen molar-refractivity contribution in [2.45, 2.75) is 51.6 Å². The monoisotopic (exact) mass is 492 g/mol. The van der Waals surface area contributed by atoms with E-state index < -0.39 is 0 Å². The number of carbonyl (C=O) groups is 1. The van der Waals surface area contributed by atoms with Gasteiger partial charge in [-0.3, -0.25) is 9.80 Å². The maximum atomic E-state index is 14.0. The van der Waals surface area contributed by atoms with Crippen molar-refractivity contribution >= 4 is 46.5 Å². The Labute approximate surface area is 210 Å². The fourth-order valence-electron chi connectivity index (χ4n) is 4.98. The number of hydrogen-bond acceptors (Lipinski definition) is 6. The number of hydrogen-bond donors (Lipinski definition) is 2. The van der Waals surface area contributed by atoms with Gasteiger partial charge in [0.05, 0.1) is 30.1 Å². The van der Waals surface area contributed by atoms with E-state index in [1.165, 1.54) is 6.42 Å². The van der Waals surface area contributed by atoms with Gasteiger partial charge >= 0.3 is 6.03 Å². The number of ether oxygens (including phenoxy) is 1. The standard InChI is InChI=1S/C26H29ClN6O2/c1-16-7-6-10-20(27)23(16)32-15-17-14-29-25(30-21-12-11-18(28)13-22(21)35-2)31-24(17)33(26(32)34)19-8-4-3-5-9-19/h6-7,10-14,19H,3-5,8-9,15,28H2,1-2H3,(H,29,30,31). The van der Waals surface area contributed by atoms with Gasteiger partial charge in [0.25, 0.3) is 0 Å². The number of anilines is 5. The Morgan fingerprint density at radius 2 is 1.97 bits per heavy atom. The van der Waals surface area contributed by atoms with Gasteiger partial charge in [-0.25, -0.2) is 9.78 Å². The summed E-state index contributed by atoms with van der Waals surface area (Å²) in [7, 11) is 1.59. The predicted octanol–water partition coefficient (Wildman–Crippen LogP) is 6.05. The van der Waals surface area contributed by atoms with E-state index in [0.717, 1.165) is 42.5 Å². The highest BCUT2D eigenvalue weighted by Crippen LogP contribution is 2.39. The van der Waals surface area contributed by atoms with Crippen LogP contribution in [0.15, 0.2) is 42.6 Å². The van der Waals surface area contributed by atoms with Gasteiger partial charge in [-0.2, -0.15) is 4.98 Å². The van der Waals surface area contributed by atoms with E-state index in [2.05, 4.69) is 10.3 Å². The lowest BCUT2D eigenvalue weighted by atomic mass is 9.93. The average Bonchev–Trinajstić information content (AvgIpc) is 2.86. The number of nitrogens with zero attached hydrogens (tertiary/aromatic N) is 4. The largest absolute Gasteiger partial charge is 0.494 e. The van der Waals surface area contributed by atoms with Gasteiger partial charge in [0.2, 0.25) is 5.95 Å². The number of para-hydroxylation sites is 1. The van der Waals surface area contributed by atoms with Crippen molar-refractivity contribution in [2.75, 3.05) is 28.0 Å². The van der Waals surface area contributed by atoms with Crippen LogP contribution in [0.3, 0.4) is 0 Å². The third-order valence-corrected chi connectivity index (χ3v) is 7.01. The van der Waals surface area contributed by atoms with Gasteiger partial charge in [0, 0.05) is 29.6 Å². The van der Waals surface area contributed by atoms with Crippen molar-refractivity contribution in [3.05, 3.63) is 58.7 Å². The van der Waals surface area contributed by atoms with E-state index >= 15 is 0 Å². The normalized spacial score (nSPS) is 16.3. The summed E-state index contributed by atoms with van der Waals surface area (Å²) in [5.74, 6) is 1.63. The number of aryl methyl sites for hydroxylation is 1. The molecule has 1 aliphatic heterocycles. The van der Waals surface area contributed by atoms with E-state index in [1.54, 1.807) is 30.3 Å². The molecular weight excluding hydrogens is 464 g/mol. The van der Waals surface area contributed by atoms with Crippen LogP contribution < -0.4 is 25.6 Å². The first kappa shape index (κ1) is 23.2. The molecule has 2 aromatic carbocycles. The topological polar surface area (TPSA) is 96.6 Å². The minimum Gasteiger partial charge on any atom is -0.494 e. The fourth-order valence-corrected chi connectivity index (χ4v) is 5.30. The fraction of sp³-hybridized carbons (Fsp3) is 0.346. The van der Waals surface area contributed by atoms with Crippen molar-refractivity contribution in [3.8, 4) is 5.75 Å². The highest BCUT2D eigenvalue weighted by molar-refractivity contribution is 6.34. The maximum absolute atomic E-state index is 14.0. The van der Waals surface area contributed by atoms with Crippen LogP contribution in [0.25, 0.3) is 0 Å². The molecule has 8 nitrogen and oxygen atoms in total. The first-order valence-corrected chi connectivity index (χ1v) is 12.3. The maximum Gasteiger partial charge on any atom is 0.330 e. The highest BCUT2D eigenvalue weighted by atomic mass is 35.5. The van der Waals surface area contributed by atoms with E-state index in [4.69, 9.17) is 27.1 Å². The zero-order valence-electron chi connectivity index (χ0n) is 19.9. The lowest BCUT2D eigenvalue weighted by molar-refractivity contribution is 0.244. The van der Waals surface area contributed by atoms with Gasteiger partial charge in [0.15, 0.2) is 0 Å². The zero-order chi connectivity index (χ0) is 24.5. The minimum atomic E-state index is -0.102. The van der Waals surface area contributed by atoms with E-state index in [0.29, 0.717) is 40.5 Å². The summed E-state index contributed by atoms with van der Waals surface area (Å²) in [5.41, 5.74) is 9.75. The number of nitrogens with one attached hydrogen (secondary N) is 1.